The summed E-state index contributed by atoms with van der Waals surface area (Å²) in [5.41, 5.74) is -3.03. The molecule has 0 bridgehead atoms. The highest BCUT2D eigenvalue weighted by Crippen LogP contribution is 2.47. The molecule has 9 heteroatoms. The second-order valence-corrected chi connectivity index (χ2v) is 9.21. The zero-order valence-electron chi connectivity index (χ0n) is 17.1. The summed E-state index contributed by atoms with van der Waals surface area (Å²) in [4.78, 5) is 0. The van der Waals surface area contributed by atoms with E-state index in [0.717, 1.165) is 5.39 Å². The van der Waals surface area contributed by atoms with Crippen LogP contribution in [0.3, 0.4) is 0 Å². The van der Waals surface area contributed by atoms with Crippen molar-refractivity contribution in [3.05, 3.63) is 78.9 Å². The minimum absolute atomic E-state index is 0.160. The van der Waals surface area contributed by atoms with E-state index in [4.69, 9.17) is 13.0 Å². The first-order valence-electron chi connectivity index (χ1n) is 10.1. The normalized spacial score (nSPS) is 12.8. The molecular weight excluding hydrogens is 469 g/mol. The maximum Gasteiger partial charge on any atom is 0.534 e. The van der Waals surface area contributed by atoms with Gasteiger partial charge in [0.05, 0.1) is 0 Å². The van der Waals surface area contributed by atoms with Crippen LogP contribution in [-0.4, -0.2) is 13.9 Å². The average molecular weight is 482 g/mol. The molecule has 2 aromatic heterocycles. The van der Waals surface area contributed by atoms with Gasteiger partial charge in [0.2, 0.25) is 0 Å². The smallest absolute Gasteiger partial charge is 0.456 e. The van der Waals surface area contributed by atoms with E-state index in [1.807, 2.05) is 12.1 Å². The Bertz CT molecular complexity index is 1850. The molecule has 0 fully saturated rings. The number of hydrogen-bond acceptors (Lipinski definition) is 5. The minimum Gasteiger partial charge on any atom is -0.456 e. The van der Waals surface area contributed by atoms with Crippen LogP contribution in [0.1, 0.15) is 0 Å². The second-order valence-electron chi connectivity index (χ2n) is 7.67. The maximum absolute atomic E-state index is 13.2. The molecule has 6 rings (SSSR count). The van der Waals surface area contributed by atoms with Gasteiger partial charge in [-0.3, -0.25) is 0 Å². The molecule has 0 saturated carbocycles. The van der Waals surface area contributed by atoms with Crippen molar-refractivity contribution in [1.29, 1.82) is 0 Å². The number of furan rings is 2. The van der Waals surface area contributed by atoms with Gasteiger partial charge in [-0.15, -0.1) is 0 Å². The van der Waals surface area contributed by atoms with Gasteiger partial charge in [-0.05, 0) is 35.9 Å². The highest BCUT2D eigenvalue weighted by Gasteiger charge is 2.49. The van der Waals surface area contributed by atoms with Gasteiger partial charge in [0, 0.05) is 27.1 Å². The van der Waals surface area contributed by atoms with Crippen LogP contribution in [-0.2, 0) is 10.1 Å². The van der Waals surface area contributed by atoms with Crippen LogP contribution < -0.4 is 4.18 Å². The van der Waals surface area contributed by atoms with E-state index in [2.05, 4.69) is 0 Å². The summed E-state index contributed by atoms with van der Waals surface area (Å²) in [7, 11) is -5.92. The van der Waals surface area contributed by atoms with Crippen molar-refractivity contribution >= 4 is 54.0 Å². The Morgan fingerprint density at radius 3 is 1.85 bits per heavy atom. The van der Waals surface area contributed by atoms with Crippen molar-refractivity contribution in [2.45, 2.75) is 5.51 Å². The number of halogens is 3. The van der Waals surface area contributed by atoms with E-state index >= 15 is 0 Å². The number of alkyl halides is 3. The van der Waals surface area contributed by atoms with Crippen LogP contribution in [0.2, 0.25) is 0 Å². The number of hydrogen-bond donors (Lipinski definition) is 0. The largest absolute Gasteiger partial charge is 0.534 e. The lowest BCUT2D eigenvalue weighted by atomic mass is 9.94. The third kappa shape index (κ3) is 2.97. The summed E-state index contributed by atoms with van der Waals surface area (Å²) in [6.07, 6.45) is 0. The number of fused-ring (bicyclic) bond motifs is 6. The summed E-state index contributed by atoms with van der Waals surface area (Å²) in [5.74, 6) is -0.464. The highest BCUT2D eigenvalue weighted by atomic mass is 32.2. The Balaban J connectivity index is 1.78. The van der Waals surface area contributed by atoms with Gasteiger partial charge in [0.25, 0.3) is 0 Å². The molecule has 0 spiro atoms. The Morgan fingerprint density at radius 2 is 1.21 bits per heavy atom. The molecule has 0 unspecified atom stereocenters. The topological polar surface area (TPSA) is 69.7 Å². The zero-order valence-corrected chi connectivity index (χ0v) is 17.9. The van der Waals surface area contributed by atoms with Crippen molar-refractivity contribution in [3.8, 4) is 16.9 Å². The lowest BCUT2D eigenvalue weighted by Gasteiger charge is -2.15. The predicted octanol–water partition coefficient (Wildman–Crippen LogP) is 7.38. The molecule has 6 aromatic rings. The van der Waals surface area contributed by atoms with Gasteiger partial charge in [-0.2, -0.15) is 21.6 Å². The first kappa shape index (κ1) is 20.6. The summed E-state index contributed by atoms with van der Waals surface area (Å²) in [5, 5.41) is 2.38. The molecular formula is C25H13F3O5S. The van der Waals surface area contributed by atoms with Gasteiger partial charge in [-0.1, -0.05) is 48.5 Å². The van der Waals surface area contributed by atoms with Crippen LogP contribution >= 0.6 is 0 Å². The van der Waals surface area contributed by atoms with Crippen molar-refractivity contribution in [2.75, 3.05) is 0 Å². The lowest BCUT2D eigenvalue weighted by molar-refractivity contribution is -0.0499. The summed E-state index contributed by atoms with van der Waals surface area (Å²) < 4.78 is 80.2. The quantitative estimate of drug-likeness (QED) is 0.194. The van der Waals surface area contributed by atoms with Crippen LogP contribution in [0.5, 0.6) is 5.75 Å². The molecule has 34 heavy (non-hydrogen) atoms. The fraction of sp³-hybridized carbons (Fsp3) is 0.0400. The van der Waals surface area contributed by atoms with Crippen molar-refractivity contribution in [2.24, 2.45) is 0 Å². The lowest BCUT2D eigenvalue weighted by Crippen LogP contribution is -2.28. The van der Waals surface area contributed by atoms with Crippen LogP contribution in [0.4, 0.5) is 13.2 Å². The maximum atomic E-state index is 13.2. The van der Waals surface area contributed by atoms with E-state index < -0.39 is 21.4 Å². The van der Waals surface area contributed by atoms with Crippen molar-refractivity contribution < 1.29 is 34.6 Å². The fourth-order valence-electron chi connectivity index (χ4n) is 4.28. The monoisotopic (exact) mass is 482 g/mol. The van der Waals surface area contributed by atoms with Gasteiger partial charge < -0.3 is 13.0 Å². The number of para-hydroxylation sites is 2. The molecule has 0 aliphatic heterocycles. The van der Waals surface area contributed by atoms with Gasteiger partial charge in [0.1, 0.15) is 22.3 Å². The number of benzene rings is 4. The molecule has 0 aliphatic rings. The zero-order chi connectivity index (χ0) is 23.7. The molecule has 0 N–H and O–H groups in total. The predicted molar refractivity (Wildman–Crippen MR) is 122 cm³/mol. The SMILES string of the molecule is O=S(=O)(Oc1ccc2oc3ccccc3c2c1-c1cccc2oc3ccccc3c12)C(F)(F)F. The average Bonchev–Trinajstić information content (AvgIpc) is 3.36. The molecule has 0 aliphatic carbocycles. The third-order valence-electron chi connectivity index (χ3n) is 5.66. The van der Waals surface area contributed by atoms with E-state index in [-0.39, 0.29) is 5.56 Å². The third-order valence-corrected chi connectivity index (χ3v) is 6.63. The Morgan fingerprint density at radius 1 is 0.647 bits per heavy atom. The molecule has 4 aromatic carbocycles. The number of rotatable bonds is 3. The first-order valence-corrected chi connectivity index (χ1v) is 11.5. The Hall–Kier alpha value is -3.98. The highest BCUT2D eigenvalue weighted by molar-refractivity contribution is 7.88. The van der Waals surface area contributed by atoms with Gasteiger partial charge >= 0.3 is 15.6 Å². The van der Waals surface area contributed by atoms with Crippen molar-refractivity contribution in [3.63, 3.8) is 0 Å². The summed E-state index contributed by atoms with van der Waals surface area (Å²) in [6.45, 7) is 0. The summed E-state index contributed by atoms with van der Waals surface area (Å²) >= 11 is 0. The Labute approximate surface area is 190 Å². The second kappa shape index (κ2) is 7.01. The van der Waals surface area contributed by atoms with Gasteiger partial charge in [-0.25, -0.2) is 0 Å². The fourth-order valence-corrected chi connectivity index (χ4v) is 4.75. The van der Waals surface area contributed by atoms with E-state index in [0.29, 0.717) is 44.1 Å². The molecule has 0 radical (unpaired) electrons. The van der Waals surface area contributed by atoms with E-state index in [1.165, 1.54) is 12.1 Å². The molecule has 0 atom stereocenters. The molecule has 170 valence electrons. The Kier molecular flexibility index (Phi) is 4.25. The molecule has 0 amide bonds. The van der Waals surface area contributed by atoms with Crippen LogP contribution in [0.15, 0.2) is 87.7 Å². The first-order chi connectivity index (χ1) is 16.2. The van der Waals surface area contributed by atoms with Crippen molar-refractivity contribution in [1.82, 2.24) is 0 Å². The molecule has 0 saturated heterocycles. The standard InChI is InChI=1S/C25H13F3O5S/c26-25(27,28)34(29,30)33-21-13-12-20-23(15-7-2-4-10-18(15)32-20)24(21)16-8-5-11-19-22(16)14-6-1-3-9-17(14)31-19/h1-13H. The van der Waals surface area contributed by atoms with Crippen LogP contribution in [0.25, 0.3) is 55.0 Å². The minimum atomic E-state index is -5.92. The van der Waals surface area contributed by atoms with Crippen LogP contribution in [0, 0.1) is 0 Å². The van der Waals surface area contributed by atoms with E-state index in [9.17, 15) is 21.6 Å². The van der Waals surface area contributed by atoms with Gasteiger partial charge in [0.15, 0.2) is 5.75 Å². The molecule has 2 heterocycles. The molecule has 5 nitrogen and oxygen atoms in total. The summed E-state index contributed by atoms with van der Waals surface area (Å²) in [6, 6.07) is 21.9. The van der Waals surface area contributed by atoms with E-state index in [1.54, 1.807) is 54.6 Å².